The first-order valence-corrected chi connectivity index (χ1v) is 5.30. The van der Waals surface area contributed by atoms with Gasteiger partial charge in [0.1, 0.15) is 0 Å². The third-order valence-corrected chi connectivity index (χ3v) is 2.25. The van der Waals surface area contributed by atoms with Gasteiger partial charge >= 0.3 is 0 Å². The Morgan fingerprint density at radius 2 is 2.06 bits per heavy atom. The van der Waals surface area contributed by atoms with Crippen molar-refractivity contribution in [1.29, 1.82) is 0 Å². The minimum atomic E-state index is 0.606. The zero-order valence-electron chi connectivity index (χ0n) is 9.84. The second-order valence-electron chi connectivity index (χ2n) is 3.58. The molecule has 0 atom stereocenters. The number of methoxy groups -OCH3 is 1. The zero-order chi connectivity index (χ0) is 12.1. The van der Waals surface area contributed by atoms with Crippen molar-refractivity contribution in [2.45, 2.75) is 13.5 Å². The molecule has 2 heterocycles. The van der Waals surface area contributed by atoms with E-state index in [1.54, 1.807) is 19.5 Å². The lowest BCUT2D eigenvalue weighted by Crippen LogP contribution is -2.04. The molecule has 5 nitrogen and oxygen atoms in total. The standard InChI is InChI=1S/C12H14N4O/c1-9-3-5-14-12(16-9)15-8-10-4-6-13-11(7-10)17-2/h3-7H,8H2,1-2H3,(H,14,15,16). The highest BCUT2D eigenvalue weighted by Crippen LogP contribution is 2.10. The van der Waals surface area contributed by atoms with Crippen molar-refractivity contribution in [2.24, 2.45) is 0 Å². The number of rotatable bonds is 4. The van der Waals surface area contributed by atoms with Gasteiger partial charge in [-0.2, -0.15) is 0 Å². The van der Waals surface area contributed by atoms with Crippen LogP contribution in [0, 0.1) is 6.92 Å². The summed E-state index contributed by atoms with van der Waals surface area (Å²) in [4.78, 5) is 12.4. The molecule has 2 aromatic heterocycles. The molecule has 0 amide bonds. The van der Waals surface area contributed by atoms with Crippen LogP contribution in [0.1, 0.15) is 11.3 Å². The first-order valence-electron chi connectivity index (χ1n) is 5.30. The summed E-state index contributed by atoms with van der Waals surface area (Å²) in [6.07, 6.45) is 3.45. The van der Waals surface area contributed by atoms with E-state index in [0.717, 1.165) is 11.3 Å². The van der Waals surface area contributed by atoms with E-state index in [1.165, 1.54) is 0 Å². The number of aryl methyl sites for hydroxylation is 1. The van der Waals surface area contributed by atoms with E-state index < -0.39 is 0 Å². The number of hydrogen-bond donors (Lipinski definition) is 1. The van der Waals surface area contributed by atoms with Gasteiger partial charge in [-0.1, -0.05) is 0 Å². The Bertz CT molecular complexity index is 501. The first kappa shape index (κ1) is 11.3. The normalized spacial score (nSPS) is 10.0. The van der Waals surface area contributed by atoms with Crippen LogP contribution in [0.4, 0.5) is 5.95 Å². The van der Waals surface area contributed by atoms with Gasteiger partial charge in [-0.15, -0.1) is 0 Å². The third-order valence-electron chi connectivity index (χ3n) is 2.25. The Hall–Kier alpha value is -2.17. The Kier molecular flexibility index (Phi) is 3.49. The maximum atomic E-state index is 5.06. The molecule has 0 saturated heterocycles. The number of aromatic nitrogens is 3. The molecular formula is C12H14N4O. The van der Waals surface area contributed by atoms with Crippen LogP contribution in [0.3, 0.4) is 0 Å². The Morgan fingerprint density at radius 1 is 1.24 bits per heavy atom. The highest BCUT2D eigenvalue weighted by Gasteiger charge is 1.99. The summed E-state index contributed by atoms with van der Waals surface area (Å²) in [5, 5.41) is 3.15. The zero-order valence-corrected chi connectivity index (χ0v) is 9.84. The molecule has 0 aliphatic heterocycles. The second-order valence-corrected chi connectivity index (χ2v) is 3.58. The van der Waals surface area contributed by atoms with Gasteiger partial charge in [0.15, 0.2) is 0 Å². The van der Waals surface area contributed by atoms with Crippen LogP contribution < -0.4 is 10.1 Å². The number of ether oxygens (including phenoxy) is 1. The van der Waals surface area contributed by atoms with Crippen LogP contribution in [0.5, 0.6) is 5.88 Å². The molecule has 0 bridgehead atoms. The number of nitrogens with one attached hydrogen (secondary N) is 1. The SMILES string of the molecule is COc1cc(CNc2nccc(C)n2)ccn1. The highest BCUT2D eigenvalue weighted by molar-refractivity contribution is 5.29. The number of anilines is 1. The van der Waals surface area contributed by atoms with Crippen LogP contribution in [0.25, 0.3) is 0 Å². The van der Waals surface area contributed by atoms with Crippen molar-refractivity contribution in [1.82, 2.24) is 15.0 Å². The maximum absolute atomic E-state index is 5.06. The van der Waals surface area contributed by atoms with Crippen molar-refractivity contribution in [3.63, 3.8) is 0 Å². The number of pyridine rings is 1. The molecule has 0 unspecified atom stereocenters. The van der Waals surface area contributed by atoms with E-state index >= 15 is 0 Å². The summed E-state index contributed by atoms with van der Waals surface area (Å²) in [5.74, 6) is 1.23. The predicted octanol–water partition coefficient (Wildman–Crippen LogP) is 1.80. The summed E-state index contributed by atoms with van der Waals surface area (Å²) < 4.78 is 5.06. The predicted molar refractivity (Wildman–Crippen MR) is 64.9 cm³/mol. The van der Waals surface area contributed by atoms with Crippen LogP contribution in [0.2, 0.25) is 0 Å². The molecular weight excluding hydrogens is 216 g/mol. The van der Waals surface area contributed by atoms with Crippen molar-refractivity contribution < 1.29 is 4.74 Å². The molecule has 2 aromatic rings. The van der Waals surface area contributed by atoms with Crippen molar-refractivity contribution >= 4 is 5.95 Å². The van der Waals surface area contributed by atoms with Gasteiger partial charge < -0.3 is 10.1 Å². The lowest BCUT2D eigenvalue weighted by molar-refractivity contribution is 0.397. The second kappa shape index (κ2) is 5.25. The maximum Gasteiger partial charge on any atom is 0.223 e. The van der Waals surface area contributed by atoms with E-state index in [2.05, 4.69) is 20.3 Å². The highest BCUT2D eigenvalue weighted by atomic mass is 16.5. The van der Waals surface area contributed by atoms with Crippen LogP contribution in [-0.2, 0) is 6.54 Å². The fraction of sp³-hybridized carbons (Fsp3) is 0.250. The summed E-state index contributed by atoms with van der Waals surface area (Å²) in [5.41, 5.74) is 2.01. The smallest absolute Gasteiger partial charge is 0.223 e. The van der Waals surface area contributed by atoms with Gasteiger partial charge in [0.2, 0.25) is 11.8 Å². The van der Waals surface area contributed by atoms with E-state index in [-0.39, 0.29) is 0 Å². The molecule has 2 rings (SSSR count). The van der Waals surface area contributed by atoms with Crippen molar-refractivity contribution in [2.75, 3.05) is 12.4 Å². The molecule has 0 saturated carbocycles. The molecule has 0 fully saturated rings. The fourth-order valence-electron chi connectivity index (χ4n) is 1.39. The molecule has 0 radical (unpaired) electrons. The van der Waals surface area contributed by atoms with Gasteiger partial charge in [-0.3, -0.25) is 0 Å². The monoisotopic (exact) mass is 230 g/mol. The molecule has 0 aliphatic rings. The van der Waals surface area contributed by atoms with E-state index in [9.17, 15) is 0 Å². The van der Waals surface area contributed by atoms with Gasteiger partial charge in [0.25, 0.3) is 0 Å². The summed E-state index contributed by atoms with van der Waals surface area (Å²) in [6.45, 7) is 2.57. The van der Waals surface area contributed by atoms with Crippen molar-refractivity contribution in [3.05, 3.63) is 41.9 Å². The van der Waals surface area contributed by atoms with E-state index in [1.807, 2.05) is 25.1 Å². The average molecular weight is 230 g/mol. The van der Waals surface area contributed by atoms with Gasteiger partial charge in [-0.05, 0) is 24.6 Å². The molecule has 1 N–H and O–H groups in total. The average Bonchev–Trinajstić information content (AvgIpc) is 2.37. The van der Waals surface area contributed by atoms with Crippen LogP contribution >= 0.6 is 0 Å². The Labute approximate surface area is 99.9 Å². The number of nitrogens with zero attached hydrogens (tertiary/aromatic N) is 3. The van der Waals surface area contributed by atoms with E-state index in [0.29, 0.717) is 18.4 Å². The van der Waals surface area contributed by atoms with Gasteiger partial charge in [0.05, 0.1) is 7.11 Å². The largest absolute Gasteiger partial charge is 0.481 e. The number of hydrogen-bond acceptors (Lipinski definition) is 5. The summed E-state index contributed by atoms with van der Waals surface area (Å²) in [6, 6.07) is 5.66. The Balaban J connectivity index is 2.02. The van der Waals surface area contributed by atoms with Gasteiger partial charge in [-0.25, -0.2) is 15.0 Å². The Morgan fingerprint density at radius 3 is 2.82 bits per heavy atom. The minimum absolute atomic E-state index is 0.606. The van der Waals surface area contributed by atoms with E-state index in [4.69, 9.17) is 4.74 Å². The fourth-order valence-corrected chi connectivity index (χ4v) is 1.39. The molecule has 88 valence electrons. The molecule has 0 spiro atoms. The summed E-state index contributed by atoms with van der Waals surface area (Å²) in [7, 11) is 1.60. The van der Waals surface area contributed by atoms with Gasteiger partial charge in [0, 0.05) is 30.7 Å². The molecule has 5 heteroatoms. The lowest BCUT2D eigenvalue weighted by atomic mass is 10.2. The lowest BCUT2D eigenvalue weighted by Gasteiger charge is -2.06. The summed E-state index contributed by atoms with van der Waals surface area (Å²) >= 11 is 0. The van der Waals surface area contributed by atoms with Crippen molar-refractivity contribution in [3.8, 4) is 5.88 Å². The van der Waals surface area contributed by atoms with Crippen LogP contribution in [-0.4, -0.2) is 22.1 Å². The quantitative estimate of drug-likeness (QED) is 0.867. The van der Waals surface area contributed by atoms with Crippen LogP contribution in [0.15, 0.2) is 30.6 Å². The molecule has 0 aliphatic carbocycles. The topological polar surface area (TPSA) is 59.9 Å². The minimum Gasteiger partial charge on any atom is -0.481 e. The first-order chi connectivity index (χ1) is 8.28. The molecule has 17 heavy (non-hydrogen) atoms. The third kappa shape index (κ3) is 3.14. The molecule has 0 aromatic carbocycles.